The van der Waals surface area contributed by atoms with Gasteiger partial charge in [0.2, 0.25) is 0 Å². The van der Waals surface area contributed by atoms with Crippen molar-refractivity contribution in [3.63, 3.8) is 0 Å². The van der Waals surface area contributed by atoms with Gasteiger partial charge in [-0.3, -0.25) is 15.1 Å². The molecule has 1 aliphatic rings. The molecule has 3 rings (SSSR count). The van der Waals surface area contributed by atoms with E-state index in [0.717, 1.165) is 22.5 Å². The van der Waals surface area contributed by atoms with E-state index in [4.69, 9.17) is 5.73 Å². The summed E-state index contributed by atoms with van der Waals surface area (Å²) in [5, 5.41) is 17.7. The first kappa shape index (κ1) is 16.1. The normalized spacial score (nSPS) is 17.0. The van der Waals surface area contributed by atoms with Gasteiger partial charge >= 0.3 is 0 Å². The summed E-state index contributed by atoms with van der Waals surface area (Å²) in [5.74, 6) is 0. The highest BCUT2D eigenvalue weighted by atomic mass is 16.6. The predicted octanol–water partition coefficient (Wildman–Crippen LogP) is 3.48. The number of nitrogens with two attached hydrogens (primary N) is 1. The average Bonchev–Trinajstić information content (AvgIpc) is 2.99. The quantitative estimate of drug-likeness (QED) is 0.689. The molecule has 124 valence electrons. The Bertz CT molecular complexity index is 816. The van der Waals surface area contributed by atoms with Crippen molar-refractivity contribution in [2.45, 2.75) is 26.3 Å². The van der Waals surface area contributed by atoms with Crippen LogP contribution in [-0.4, -0.2) is 17.2 Å². The molecule has 0 saturated heterocycles. The lowest BCUT2D eigenvalue weighted by atomic mass is 10.00. The third-order valence-electron chi connectivity index (χ3n) is 4.27. The summed E-state index contributed by atoms with van der Waals surface area (Å²) in [7, 11) is 0. The predicted molar refractivity (Wildman–Crippen MR) is 95.3 cm³/mol. The molecule has 0 saturated carbocycles. The monoisotopic (exact) mass is 324 g/mol. The lowest BCUT2D eigenvalue weighted by Gasteiger charge is -2.25. The Morgan fingerprint density at radius 2 is 2.08 bits per heavy atom. The standard InChI is InChI=1S/C18H20N4O2/c1-12-6-7-17(13(2)8-12)21-18(10-15(11-19)20-21)14-4-3-5-16(9-14)22(23)24/h3-9,18H,10-11,19H2,1-2H3. The molecule has 24 heavy (non-hydrogen) atoms. The van der Waals surface area contributed by atoms with Gasteiger partial charge in [-0.2, -0.15) is 5.10 Å². The number of aryl methyl sites for hydroxylation is 2. The first-order valence-corrected chi connectivity index (χ1v) is 7.87. The van der Waals surface area contributed by atoms with Gasteiger partial charge in [0.05, 0.1) is 22.4 Å². The van der Waals surface area contributed by atoms with E-state index in [1.165, 1.54) is 11.6 Å². The molecule has 1 atom stereocenters. The highest BCUT2D eigenvalue weighted by Gasteiger charge is 2.30. The van der Waals surface area contributed by atoms with Crippen molar-refractivity contribution in [3.8, 4) is 0 Å². The molecule has 0 spiro atoms. The Hall–Kier alpha value is -2.73. The van der Waals surface area contributed by atoms with Crippen LogP contribution >= 0.6 is 0 Å². The van der Waals surface area contributed by atoms with Crippen molar-refractivity contribution in [2.75, 3.05) is 11.6 Å². The summed E-state index contributed by atoms with van der Waals surface area (Å²) in [6.07, 6.45) is 0.672. The Morgan fingerprint density at radius 3 is 2.75 bits per heavy atom. The van der Waals surface area contributed by atoms with Crippen molar-refractivity contribution < 1.29 is 4.92 Å². The first-order chi connectivity index (χ1) is 11.5. The van der Waals surface area contributed by atoms with Gasteiger partial charge in [-0.05, 0) is 31.0 Å². The fourth-order valence-electron chi connectivity index (χ4n) is 3.09. The zero-order valence-corrected chi connectivity index (χ0v) is 13.8. The second-order valence-corrected chi connectivity index (χ2v) is 6.08. The smallest absolute Gasteiger partial charge is 0.269 e. The summed E-state index contributed by atoms with van der Waals surface area (Å²) in [5.41, 5.74) is 11.0. The van der Waals surface area contributed by atoms with Gasteiger partial charge in [0.25, 0.3) is 5.69 Å². The van der Waals surface area contributed by atoms with Crippen LogP contribution in [0.1, 0.15) is 29.2 Å². The molecular weight excluding hydrogens is 304 g/mol. The van der Waals surface area contributed by atoms with Crippen LogP contribution in [0.5, 0.6) is 0 Å². The molecule has 2 aromatic rings. The molecule has 0 amide bonds. The van der Waals surface area contributed by atoms with E-state index in [9.17, 15) is 10.1 Å². The van der Waals surface area contributed by atoms with Crippen LogP contribution in [0.3, 0.4) is 0 Å². The van der Waals surface area contributed by atoms with Crippen molar-refractivity contribution in [1.82, 2.24) is 0 Å². The number of benzene rings is 2. The number of hydrogen-bond acceptors (Lipinski definition) is 5. The summed E-state index contributed by atoms with van der Waals surface area (Å²) in [4.78, 5) is 10.7. The molecule has 1 unspecified atom stereocenters. The summed E-state index contributed by atoms with van der Waals surface area (Å²) in [6.45, 7) is 4.48. The van der Waals surface area contributed by atoms with Gasteiger partial charge in [-0.25, -0.2) is 0 Å². The molecule has 1 heterocycles. The molecule has 2 N–H and O–H groups in total. The zero-order chi connectivity index (χ0) is 17.3. The van der Waals surface area contributed by atoms with Gasteiger partial charge < -0.3 is 5.73 Å². The summed E-state index contributed by atoms with van der Waals surface area (Å²) < 4.78 is 0. The van der Waals surface area contributed by atoms with Gasteiger partial charge in [0.1, 0.15) is 0 Å². The maximum absolute atomic E-state index is 11.1. The minimum atomic E-state index is -0.370. The van der Waals surface area contributed by atoms with Crippen LogP contribution in [0.2, 0.25) is 0 Å². The van der Waals surface area contributed by atoms with Crippen LogP contribution in [-0.2, 0) is 0 Å². The van der Waals surface area contributed by atoms with E-state index < -0.39 is 0 Å². The number of nitrogens with zero attached hydrogens (tertiary/aromatic N) is 3. The fraction of sp³-hybridized carbons (Fsp3) is 0.278. The third kappa shape index (κ3) is 3.00. The largest absolute Gasteiger partial charge is 0.325 e. The van der Waals surface area contributed by atoms with Crippen LogP contribution in [0, 0.1) is 24.0 Å². The summed E-state index contributed by atoms with van der Waals surface area (Å²) >= 11 is 0. The molecule has 0 fully saturated rings. The maximum Gasteiger partial charge on any atom is 0.269 e. The molecule has 0 aromatic heterocycles. The first-order valence-electron chi connectivity index (χ1n) is 7.87. The van der Waals surface area contributed by atoms with E-state index in [2.05, 4.69) is 11.2 Å². The lowest BCUT2D eigenvalue weighted by molar-refractivity contribution is -0.384. The second-order valence-electron chi connectivity index (χ2n) is 6.08. The fourth-order valence-corrected chi connectivity index (χ4v) is 3.09. The summed E-state index contributed by atoms with van der Waals surface area (Å²) in [6, 6.07) is 12.9. The molecular formula is C18H20N4O2. The van der Waals surface area contributed by atoms with Crippen LogP contribution < -0.4 is 10.7 Å². The highest BCUT2D eigenvalue weighted by molar-refractivity contribution is 5.90. The number of nitro benzene ring substituents is 1. The number of hydrazone groups is 1. The second kappa shape index (κ2) is 6.41. The molecule has 6 heteroatoms. The minimum absolute atomic E-state index is 0.0788. The maximum atomic E-state index is 11.1. The van der Waals surface area contributed by atoms with Gasteiger partial charge in [0, 0.05) is 25.1 Å². The molecule has 6 nitrogen and oxygen atoms in total. The van der Waals surface area contributed by atoms with E-state index >= 15 is 0 Å². The van der Waals surface area contributed by atoms with Crippen LogP contribution in [0.25, 0.3) is 0 Å². The Morgan fingerprint density at radius 1 is 1.29 bits per heavy atom. The highest BCUT2D eigenvalue weighted by Crippen LogP contribution is 2.37. The van der Waals surface area contributed by atoms with Crippen molar-refractivity contribution in [2.24, 2.45) is 10.8 Å². The SMILES string of the molecule is Cc1ccc(N2N=C(CN)CC2c2cccc([N+](=O)[O-])c2)c(C)c1. The van der Waals surface area contributed by atoms with E-state index in [-0.39, 0.29) is 16.7 Å². The Labute approximate surface area is 140 Å². The third-order valence-corrected chi connectivity index (χ3v) is 4.27. The van der Waals surface area contributed by atoms with E-state index in [1.54, 1.807) is 12.1 Å². The lowest BCUT2D eigenvalue weighted by Crippen LogP contribution is -2.19. The number of anilines is 1. The topological polar surface area (TPSA) is 84.8 Å². The van der Waals surface area contributed by atoms with Crippen LogP contribution in [0.15, 0.2) is 47.6 Å². The van der Waals surface area contributed by atoms with Gasteiger partial charge in [0.15, 0.2) is 0 Å². The number of rotatable bonds is 4. The van der Waals surface area contributed by atoms with E-state index in [1.807, 2.05) is 37.1 Å². The Balaban J connectivity index is 2.03. The number of nitro groups is 1. The zero-order valence-electron chi connectivity index (χ0n) is 13.8. The molecule has 0 bridgehead atoms. The average molecular weight is 324 g/mol. The molecule has 0 aliphatic carbocycles. The van der Waals surface area contributed by atoms with Gasteiger partial charge in [-0.15, -0.1) is 0 Å². The van der Waals surface area contributed by atoms with Crippen LogP contribution in [0.4, 0.5) is 11.4 Å². The Kier molecular flexibility index (Phi) is 4.31. The molecule has 1 aliphatic heterocycles. The van der Waals surface area contributed by atoms with Gasteiger partial charge in [-0.1, -0.05) is 29.8 Å². The molecule has 2 aromatic carbocycles. The number of hydrogen-bond donors (Lipinski definition) is 1. The van der Waals surface area contributed by atoms with Crippen molar-refractivity contribution >= 4 is 17.1 Å². The minimum Gasteiger partial charge on any atom is -0.325 e. The van der Waals surface area contributed by atoms with Crippen molar-refractivity contribution in [3.05, 3.63) is 69.3 Å². The van der Waals surface area contributed by atoms with E-state index in [0.29, 0.717) is 13.0 Å². The number of non-ortho nitro benzene ring substituents is 1. The van der Waals surface area contributed by atoms with Crippen molar-refractivity contribution in [1.29, 1.82) is 0 Å². The molecule has 0 radical (unpaired) electrons.